The molecule has 0 N–H and O–H groups in total. The van der Waals surface area contributed by atoms with E-state index in [0.29, 0.717) is 24.1 Å². The van der Waals surface area contributed by atoms with Crippen LogP contribution in [0, 0.1) is 17.2 Å². The minimum Gasteiger partial charge on any atom is -0.457 e. The summed E-state index contributed by atoms with van der Waals surface area (Å²) >= 11 is 0. The second-order valence-electron chi connectivity index (χ2n) is 7.92. The SMILES string of the molecule is N#CCN1CCC(Cn2ccc3ncnc(Oc4ccc(Oc5ccccc5)cc4)c32)C1. The number of ether oxygens (including phenoxy) is 2. The van der Waals surface area contributed by atoms with Crippen LogP contribution >= 0.6 is 0 Å². The van der Waals surface area contributed by atoms with Gasteiger partial charge in [-0.15, -0.1) is 0 Å². The fourth-order valence-electron chi connectivity index (χ4n) is 4.12. The lowest BCUT2D eigenvalue weighted by molar-refractivity contribution is 0.351. The van der Waals surface area contributed by atoms with E-state index in [4.69, 9.17) is 14.7 Å². The molecular weight excluding hydrogens is 402 g/mol. The molecule has 7 nitrogen and oxygen atoms in total. The van der Waals surface area contributed by atoms with E-state index in [1.54, 1.807) is 0 Å². The number of benzene rings is 2. The van der Waals surface area contributed by atoms with Crippen LogP contribution in [0.15, 0.2) is 73.2 Å². The number of nitriles is 1. The standard InChI is InChI=1S/C25H23N5O2/c26-12-15-29-13-10-19(16-29)17-30-14-11-23-24(30)25(28-18-27-23)32-22-8-6-21(7-9-22)31-20-4-2-1-3-5-20/h1-9,11,14,18-19H,10,13,15-17H2. The Bertz CT molecular complexity index is 1230. The van der Waals surface area contributed by atoms with E-state index in [0.717, 1.165) is 48.6 Å². The van der Waals surface area contributed by atoms with E-state index in [2.05, 4.69) is 25.5 Å². The summed E-state index contributed by atoms with van der Waals surface area (Å²) in [5, 5.41) is 8.94. The lowest BCUT2D eigenvalue weighted by Gasteiger charge is -2.15. The van der Waals surface area contributed by atoms with E-state index in [1.165, 1.54) is 6.33 Å². The molecule has 1 atom stereocenters. The van der Waals surface area contributed by atoms with Crippen molar-refractivity contribution in [3.8, 4) is 29.2 Å². The number of likely N-dealkylation sites (tertiary alicyclic amines) is 1. The molecule has 2 aromatic carbocycles. The smallest absolute Gasteiger partial charge is 0.247 e. The maximum atomic E-state index is 8.94. The molecular formula is C25H23N5O2. The number of rotatable bonds is 7. The molecule has 0 saturated carbocycles. The number of para-hydroxylation sites is 1. The van der Waals surface area contributed by atoms with Gasteiger partial charge in [0.25, 0.3) is 0 Å². The molecule has 0 aliphatic carbocycles. The number of fused-ring (bicyclic) bond motifs is 1. The van der Waals surface area contributed by atoms with Gasteiger partial charge < -0.3 is 14.0 Å². The highest BCUT2D eigenvalue weighted by Crippen LogP contribution is 2.31. The molecule has 32 heavy (non-hydrogen) atoms. The van der Waals surface area contributed by atoms with Gasteiger partial charge in [-0.2, -0.15) is 10.2 Å². The molecule has 1 unspecified atom stereocenters. The van der Waals surface area contributed by atoms with E-state index >= 15 is 0 Å². The predicted octanol–water partition coefficient (Wildman–Crippen LogP) is 4.86. The van der Waals surface area contributed by atoms with Crippen LogP contribution < -0.4 is 9.47 Å². The van der Waals surface area contributed by atoms with Gasteiger partial charge in [0.2, 0.25) is 5.88 Å². The number of hydrogen-bond donors (Lipinski definition) is 0. The lowest BCUT2D eigenvalue weighted by Crippen LogP contribution is -2.22. The number of hydrogen-bond acceptors (Lipinski definition) is 6. The van der Waals surface area contributed by atoms with Crippen molar-refractivity contribution in [1.29, 1.82) is 5.26 Å². The predicted molar refractivity (Wildman–Crippen MR) is 121 cm³/mol. The first-order valence-electron chi connectivity index (χ1n) is 10.7. The molecule has 4 aromatic rings. The van der Waals surface area contributed by atoms with Crippen molar-refractivity contribution in [1.82, 2.24) is 19.4 Å². The highest BCUT2D eigenvalue weighted by Gasteiger charge is 2.23. The van der Waals surface area contributed by atoms with Gasteiger partial charge in [-0.25, -0.2) is 4.98 Å². The second kappa shape index (κ2) is 9.08. The zero-order valence-electron chi connectivity index (χ0n) is 17.6. The van der Waals surface area contributed by atoms with E-state index in [9.17, 15) is 0 Å². The normalized spacial score (nSPS) is 16.2. The molecule has 0 bridgehead atoms. The Labute approximate surface area is 186 Å². The van der Waals surface area contributed by atoms with Gasteiger partial charge in [0.15, 0.2) is 0 Å². The van der Waals surface area contributed by atoms with Crippen LogP contribution in [-0.2, 0) is 6.54 Å². The van der Waals surface area contributed by atoms with Gasteiger partial charge in [0, 0.05) is 19.3 Å². The van der Waals surface area contributed by atoms with Crippen molar-refractivity contribution in [2.75, 3.05) is 19.6 Å². The van der Waals surface area contributed by atoms with Gasteiger partial charge in [-0.3, -0.25) is 4.90 Å². The summed E-state index contributed by atoms with van der Waals surface area (Å²) < 4.78 is 14.2. The highest BCUT2D eigenvalue weighted by molar-refractivity contribution is 5.80. The summed E-state index contributed by atoms with van der Waals surface area (Å²) in [5.41, 5.74) is 1.74. The molecule has 1 aliphatic heterocycles. The molecule has 2 aromatic heterocycles. The average molecular weight is 425 g/mol. The van der Waals surface area contributed by atoms with Crippen molar-refractivity contribution < 1.29 is 9.47 Å². The Balaban J connectivity index is 1.32. The van der Waals surface area contributed by atoms with E-state index in [1.807, 2.05) is 66.9 Å². The monoisotopic (exact) mass is 425 g/mol. The Morgan fingerprint density at radius 2 is 1.69 bits per heavy atom. The summed E-state index contributed by atoms with van der Waals surface area (Å²) in [6, 6.07) is 21.4. The molecule has 160 valence electrons. The van der Waals surface area contributed by atoms with Crippen molar-refractivity contribution in [3.05, 3.63) is 73.2 Å². The zero-order valence-corrected chi connectivity index (χ0v) is 17.6. The summed E-state index contributed by atoms with van der Waals surface area (Å²) in [6.45, 7) is 3.23. The fourth-order valence-corrected chi connectivity index (χ4v) is 4.12. The Morgan fingerprint density at radius 3 is 2.47 bits per heavy atom. The third kappa shape index (κ3) is 4.41. The topological polar surface area (TPSA) is 76.2 Å². The third-order valence-corrected chi connectivity index (χ3v) is 5.65. The van der Waals surface area contributed by atoms with Crippen LogP contribution in [0.2, 0.25) is 0 Å². The molecule has 3 heterocycles. The summed E-state index contributed by atoms with van der Waals surface area (Å²) in [4.78, 5) is 11.0. The van der Waals surface area contributed by atoms with Crippen LogP contribution in [0.4, 0.5) is 0 Å². The Kier molecular flexibility index (Phi) is 5.69. The second-order valence-corrected chi connectivity index (χ2v) is 7.92. The quantitative estimate of drug-likeness (QED) is 0.394. The van der Waals surface area contributed by atoms with Crippen LogP contribution in [-0.4, -0.2) is 39.1 Å². The first-order chi connectivity index (χ1) is 15.8. The lowest BCUT2D eigenvalue weighted by atomic mass is 10.1. The number of nitrogens with zero attached hydrogens (tertiary/aromatic N) is 5. The maximum absolute atomic E-state index is 8.94. The van der Waals surface area contributed by atoms with Crippen molar-refractivity contribution in [2.45, 2.75) is 13.0 Å². The van der Waals surface area contributed by atoms with Gasteiger partial charge >= 0.3 is 0 Å². The van der Waals surface area contributed by atoms with Gasteiger partial charge in [0.1, 0.15) is 29.1 Å². The first-order valence-corrected chi connectivity index (χ1v) is 10.7. The molecule has 1 saturated heterocycles. The van der Waals surface area contributed by atoms with Crippen LogP contribution in [0.5, 0.6) is 23.1 Å². The van der Waals surface area contributed by atoms with Crippen LogP contribution in [0.3, 0.4) is 0 Å². The van der Waals surface area contributed by atoms with Crippen LogP contribution in [0.1, 0.15) is 6.42 Å². The summed E-state index contributed by atoms with van der Waals surface area (Å²) in [7, 11) is 0. The summed E-state index contributed by atoms with van der Waals surface area (Å²) in [6.07, 6.45) is 4.64. The largest absolute Gasteiger partial charge is 0.457 e. The molecule has 1 fully saturated rings. The Morgan fingerprint density at radius 1 is 0.938 bits per heavy atom. The first kappa shape index (κ1) is 20.0. The molecule has 5 rings (SSSR count). The maximum Gasteiger partial charge on any atom is 0.247 e. The molecule has 7 heteroatoms. The van der Waals surface area contributed by atoms with Crippen molar-refractivity contribution in [3.63, 3.8) is 0 Å². The summed E-state index contributed by atoms with van der Waals surface area (Å²) in [5.74, 6) is 3.23. The molecule has 0 amide bonds. The minimum atomic E-state index is 0.487. The van der Waals surface area contributed by atoms with Crippen molar-refractivity contribution in [2.24, 2.45) is 5.92 Å². The minimum absolute atomic E-state index is 0.487. The van der Waals surface area contributed by atoms with Gasteiger partial charge in [-0.05, 0) is 61.3 Å². The highest BCUT2D eigenvalue weighted by atomic mass is 16.5. The molecule has 1 aliphatic rings. The van der Waals surface area contributed by atoms with Crippen molar-refractivity contribution >= 4 is 11.0 Å². The fraction of sp³-hybridized carbons (Fsp3) is 0.240. The van der Waals surface area contributed by atoms with Crippen LogP contribution in [0.25, 0.3) is 11.0 Å². The third-order valence-electron chi connectivity index (χ3n) is 5.65. The van der Waals surface area contributed by atoms with Gasteiger partial charge in [0.05, 0.1) is 18.1 Å². The van der Waals surface area contributed by atoms with Gasteiger partial charge in [-0.1, -0.05) is 18.2 Å². The average Bonchev–Trinajstić information content (AvgIpc) is 3.44. The Hall–Kier alpha value is -3.89. The molecule has 0 radical (unpaired) electrons. The van der Waals surface area contributed by atoms with E-state index < -0.39 is 0 Å². The number of aromatic nitrogens is 3. The van der Waals surface area contributed by atoms with E-state index in [-0.39, 0.29) is 0 Å². The zero-order chi connectivity index (χ0) is 21.8. The molecule has 0 spiro atoms.